The molecule has 0 saturated heterocycles. The number of para-hydroxylation sites is 2. The van der Waals surface area contributed by atoms with Crippen LogP contribution < -0.4 is 26.3 Å². The van der Waals surface area contributed by atoms with E-state index >= 15 is 0 Å². The van der Waals surface area contributed by atoms with Crippen LogP contribution in [0.15, 0.2) is 79.0 Å². The summed E-state index contributed by atoms with van der Waals surface area (Å²) in [6.45, 7) is 0.591. The zero-order valence-electron chi connectivity index (χ0n) is 25.4. The molecule has 12 heteroatoms. The third kappa shape index (κ3) is 7.42. The maximum atomic E-state index is 14.2. The predicted molar refractivity (Wildman–Crippen MR) is 167 cm³/mol. The lowest BCUT2D eigenvalue weighted by atomic mass is 9.88. The van der Waals surface area contributed by atoms with Crippen molar-refractivity contribution in [3.05, 3.63) is 95.7 Å². The predicted octanol–water partition coefficient (Wildman–Crippen LogP) is 2.82. The fraction of sp³-hybridized carbons (Fsp3) is 0.273. The van der Waals surface area contributed by atoms with E-state index in [2.05, 4.69) is 10.3 Å². The summed E-state index contributed by atoms with van der Waals surface area (Å²) in [7, 11) is 2.92. The molecule has 2 atom stereocenters. The zero-order valence-corrected chi connectivity index (χ0v) is 25.4. The van der Waals surface area contributed by atoms with Gasteiger partial charge in [0.05, 0.1) is 26.8 Å². The van der Waals surface area contributed by atoms with E-state index < -0.39 is 41.9 Å². The van der Waals surface area contributed by atoms with Crippen LogP contribution in [0.3, 0.4) is 0 Å². The van der Waals surface area contributed by atoms with E-state index in [1.807, 2.05) is 24.3 Å². The maximum absolute atomic E-state index is 14.2. The van der Waals surface area contributed by atoms with E-state index in [4.69, 9.17) is 25.7 Å². The summed E-state index contributed by atoms with van der Waals surface area (Å²) in [6.07, 6.45) is 0.576. The molecule has 1 aromatic heterocycles. The molecule has 12 nitrogen and oxygen atoms in total. The van der Waals surface area contributed by atoms with Crippen molar-refractivity contribution in [3.8, 4) is 11.5 Å². The van der Waals surface area contributed by atoms with Gasteiger partial charge in [-0.3, -0.25) is 14.4 Å². The number of carbonyl (C=O) groups is 4. The number of nitrogens with two attached hydrogens (primary N) is 2. The van der Waals surface area contributed by atoms with Crippen molar-refractivity contribution in [1.29, 1.82) is 0 Å². The van der Waals surface area contributed by atoms with Gasteiger partial charge in [0.1, 0.15) is 12.1 Å². The van der Waals surface area contributed by atoms with Gasteiger partial charge in [0, 0.05) is 29.1 Å². The Kier molecular flexibility index (Phi) is 10.4. The number of aromatic nitrogens is 1. The van der Waals surface area contributed by atoms with Crippen LogP contribution in [0.2, 0.25) is 0 Å². The molecule has 0 unspecified atom stereocenters. The van der Waals surface area contributed by atoms with Crippen molar-refractivity contribution in [2.24, 2.45) is 11.5 Å². The minimum absolute atomic E-state index is 0.0562. The number of aromatic amines is 1. The number of hydrogen-bond donors (Lipinski definition) is 4. The third-order valence-corrected chi connectivity index (χ3v) is 7.47. The molecule has 0 spiro atoms. The van der Waals surface area contributed by atoms with Crippen molar-refractivity contribution < 1.29 is 33.4 Å². The number of benzene rings is 3. The van der Waals surface area contributed by atoms with E-state index in [0.717, 1.165) is 21.4 Å². The van der Waals surface area contributed by atoms with Crippen LogP contribution in [0.4, 0.5) is 4.79 Å². The fourth-order valence-corrected chi connectivity index (χ4v) is 5.21. The zero-order chi connectivity index (χ0) is 32.6. The first kappa shape index (κ1) is 32.6. The van der Waals surface area contributed by atoms with Gasteiger partial charge in [-0.15, -0.1) is 0 Å². The summed E-state index contributed by atoms with van der Waals surface area (Å²) in [6, 6.07) is 20.2. The smallest absolute Gasteiger partial charge is 0.417 e. The summed E-state index contributed by atoms with van der Waals surface area (Å²) < 4.78 is 16.5. The van der Waals surface area contributed by atoms with Crippen LogP contribution >= 0.6 is 0 Å². The lowest BCUT2D eigenvalue weighted by molar-refractivity contribution is -0.145. The number of imide groups is 1. The van der Waals surface area contributed by atoms with Crippen LogP contribution in [-0.4, -0.2) is 66.0 Å². The summed E-state index contributed by atoms with van der Waals surface area (Å²) >= 11 is 0. The monoisotopic (exact) mass is 615 g/mol. The van der Waals surface area contributed by atoms with Gasteiger partial charge in [-0.25, -0.2) is 9.69 Å². The van der Waals surface area contributed by atoms with E-state index in [1.165, 1.54) is 21.1 Å². The molecule has 0 aliphatic rings. The molecule has 3 aromatic carbocycles. The number of H-pyrrole nitrogens is 1. The van der Waals surface area contributed by atoms with Gasteiger partial charge in [0.25, 0.3) is 0 Å². The second-order valence-electron chi connectivity index (χ2n) is 10.6. The highest BCUT2D eigenvalue weighted by molar-refractivity contribution is 6.03. The highest BCUT2D eigenvalue weighted by atomic mass is 16.6. The molecule has 0 saturated carbocycles. The Morgan fingerprint density at radius 1 is 0.933 bits per heavy atom. The molecule has 236 valence electrons. The Balaban J connectivity index is 1.73. The van der Waals surface area contributed by atoms with Crippen molar-refractivity contribution in [2.45, 2.75) is 38.0 Å². The van der Waals surface area contributed by atoms with Crippen LogP contribution in [0, 0.1) is 0 Å². The van der Waals surface area contributed by atoms with Crippen LogP contribution in [0.25, 0.3) is 10.9 Å². The van der Waals surface area contributed by atoms with E-state index in [0.29, 0.717) is 22.6 Å². The third-order valence-electron chi connectivity index (χ3n) is 7.47. The summed E-state index contributed by atoms with van der Waals surface area (Å²) in [4.78, 5) is 57.5. The first-order chi connectivity index (χ1) is 21.6. The van der Waals surface area contributed by atoms with Crippen molar-refractivity contribution >= 4 is 34.7 Å². The Labute approximate surface area is 260 Å². The number of nitrogens with one attached hydrogen (secondary N) is 2. The van der Waals surface area contributed by atoms with E-state index in [9.17, 15) is 19.2 Å². The lowest BCUT2D eigenvalue weighted by Gasteiger charge is -2.39. The Morgan fingerprint density at radius 3 is 2.33 bits per heavy atom. The molecule has 0 aliphatic carbocycles. The first-order valence-corrected chi connectivity index (χ1v) is 14.2. The highest BCUT2D eigenvalue weighted by Gasteiger charge is 2.48. The SMILES string of the molecule is COc1cccc(COC(=O)N(C(=O)[C@@H](N)Cc2c[nH]c3ccccc23)[C@@](C)(Cc2ccccc2)C(=O)NCC(N)=O)c1OC. The largest absolute Gasteiger partial charge is 0.493 e. The lowest BCUT2D eigenvalue weighted by Crippen LogP contribution is -2.65. The molecular formula is C33H37N5O7. The molecule has 0 radical (unpaired) electrons. The summed E-state index contributed by atoms with van der Waals surface area (Å²) in [5, 5.41) is 3.32. The van der Waals surface area contributed by atoms with Gasteiger partial charge >= 0.3 is 6.09 Å². The van der Waals surface area contributed by atoms with Crippen LogP contribution in [-0.2, 0) is 38.6 Å². The van der Waals surface area contributed by atoms with Gasteiger partial charge in [0.2, 0.25) is 17.7 Å². The molecular weight excluding hydrogens is 578 g/mol. The number of carbonyl (C=O) groups excluding carboxylic acids is 4. The van der Waals surface area contributed by atoms with Crippen molar-refractivity contribution in [1.82, 2.24) is 15.2 Å². The average molecular weight is 616 g/mol. The molecule has 4 rings (SSSR count). The summed E-state index contributed by atoms with van der Waals surface area (Å²) in [5.74, 6) is -1.69. The molecule has 4 aromatic rings. The number of methoxy groups -OCH3 is 2. The molecule has 0 fully saturated rings. The maximum Gasteiger partial charge on any atom is 0.417 e. The number of ether oxygens (including phenoxy) is 3. The molecule has 4 amide bonds. The normalized spacial score (nSPS) is 12.9. The van der Waals surface area contributed by atoms with Gasteiger partial charge in [-0.1, -0.05) is 60.7 Å². The molecule has 6 N–H and O–H groups in total. The van der Waals surface area contributed by atoms with Gasteiger partial charge in [0.15, 0.2) is 11.5 Å². The number of fused-ring (bicyclic) bond motifs is 1. The standard InChI is InChI=1S/C33H37N5O7/c1-33(31(41)37-19-28(35)39,17-21-10-5-4-6-11-21)38(32(42)45-20-22-12-9-15-27(43-2)29(22)44-3)30(40)25(34)16-23-18-36-26-14-8-7-13-24(23)26/h4-15,18,25,36H,16-17,19-20,34H2,1-3H3,(H2,35,39)(H,37,41)/t25-,33-/m0/s1. The Bertz CT molecular complexity index is 1670. The average Bonchev–Trinajstić information content (AvgIpc) is 3.45. The molecule has 1 heterocycles. The highest BCUT2D eigenvalue weighted by Crippen LogP contribution is 2.32. The number of rotatable bonds is 13. The fourth-order valence-electron chi connectivity index (χ4n) is 5.21. The summed E-state index contributed by atoms with van der Waals surface area (Å²) in [5.41, 5.74) is 12.6. The topological polar surface area (TPSA) is 179 Å². The minimum Gasteiger partial charge on any atom is -0.493 e. The van der Waals surface area contributed by atoms with Gasteiger partial charge in [-0.2, -0.15) is 0 Å². The van der Waals surface area contributed by atoms with E-state index in [-0.39, 0.29) is 19.4 Å². The second-order valence-corrected chi connectivity index (χ2v) is 10.6. The minimum atomic E-state index is -1.89. The first-order valence-electron chi connectivity index (χ1n) is 14.2. The van der Waals surface area contributed by atoms with Crippen molar-refractivity contribution in [2.75, 3.05) is 20.8 Å². The molecule has 45 heavy (non-hydrogen) atoms. The Hall–Kier alpha value is -5.36. The van der Waals surface area contributed by atoms with Gasteiger partial charge in [-0.05, 0) is 36.6 Å². The molecule has 0 bridgehead atoms. The molecule has 0 aliphatic heterocycles. The van der Waals surface area contributed by atoms with Crippen LogP contribution in [0.5, 0.6) is 11.5 Å². The number of hydrogen-bond acceptors (Lipinski definition) is 8. The van der Waals surface area contributed by atoms with Gasteiger partial charge < -0.3 is 36.0 Å². The second kappa shape index (κ2) is 14.4. The number of amides is 4. The Morgan fingerprint density at radius 2 is 1.64 bits per heavy atom. The number of nitrogens with zero attached hydrogens (tertiary/aromatic N) is 1. The van der Waals surface area contributed by atoms with Crippen LogP contribution in [0.1, 0.15) is 23.6 Å². The van der Waals surface area contributed by atoms with E-state index in [1.54, 1.807) is 54.7 Å². The van der Waals surface area contributed by atoms with Crippen molar-refractivity contribution in [3.63, 3.8) is 0 Å². The quantitative estimate of drug-likeness (QED) is 0.177. The number of primary amides is 1.